The Labute approximate surface area is 102 Å². The summed E-state index contributed by atoms with van der Waals surface area (Å²) in [5.74, 6) is 0.257. The molecule has 1 atom stereocenters. The molecule has 90 valence electrons. The molecule has 1 aromatic carbocycles. The summed E-state index contributed by atoms with van der Waals surface area (Å²) in [5.41, 5.74) is 2.05. The van der Waals surface area contributed by atoms with E-state index in [0.29, 0.717) is 5.92 Å². The first-order valence-corrected chi connectivity index (χ1v) is 6.10. The average Bonchev–Trinajstić information content (AvgIpc) is 2.59. The van der Waals surface area contributed by atoms with Gasteiger partial charge in [-0.1, -0.05) is 50.3 Å². The van der Waals surface area contributed by atoms with Gasteiger partial charge in [0.25, 0.3) is 0 Å². The second-order valence-electron chi connectivity index (χ2n) is 4.86. The lowest BCUT2D eigenvalue weighted by Gasteiger charge is -2.07. The summed E-state index contributed by atoms with van der Waals surface area (Å²) in [7, 11) is 0. The van der Waals surface area contributed by atoms with Crippen molar-refractivity contribution < 1.29 is 9.53 Å². The first-order valence-electron chi connectivity index (χ1n) is 6.10. The maximum atomic E-state index is 11.6. The SMILES string of the molecule is CC(C)/C=C1/C[C@H](Cc2ccccc2)OC1=O. The van der Waals surface area contributed by atoms with E-state index in [0.717, 1.165) is 18.4 Å². The molecule has 0 saturated carbocycles. The molecule has 0 bridgehead atoms. The minimum atomic E-state index is -0.139. The van der Waals surface area contributed by atoms with Crippen LogP contribution in [0.2, 0.25) is 0 Å². The fraction of sp³-hybridized carbons (Fsp3) is 0.400. The summed E-state index contributed by atoms with van der Waals surface area (Å²) in [6.07, 6.45) is 3.57. The third-order valence-electron chi connectivity index (χ3n) is 2.82. The Hall–Kier alpha value is -1.57. The number of rotatable bonds is 3. The molecular weight excluding hydrogens is 212 g/mol. The van der Waals surface area contributed by atoms with Gasteiger partial charge in [-0.3, -0.25) is 0 Å². The number of cyclic esters (lactones) is 1. The van der Waals surface area contributed by atoms with Gasteiger partial charge in [-0.05, 0) is 11.5 Å². The van der Waals surface area contributed by atoms with Gasteiger partial charge in [0.2, 0.25) is 0 Å². The van der Waals surface area contributed by atoms with E-state index < -0.39 is 0 Å². The van der Waals surface area contributed by atoms with Crippen LogP contribution in [0.15, 0.2) is 42.0 Å². The van der Waals surface area contributed by atoms with Gasteiger partial charge >= 0.3 is 5.97 Å². The van der Waals surface area contributed by atoms with Crippen molar-refractivity contribution in [3.05, 3.63) is 47.5 Å². The number of allylic oxidation sites excluding steroid dienone is 1. The molecule has 0 unspecified atom stereocenters. The molecule has 0 aromatic heterocycles. The lowest BCUT2D eigenvalue weighted by atomic mass is 10.0. The van der Waals surface area contributed by atoms with Crippen LogP contribution in [0, 0.1) is 5.92 Å². The third kappa shape index (κ3) is 3.19. The van der Waals surface area contributed by atoms with Gasteiger partial charge in [-0.2, -0.15) is 0 Å². The summed E-state index contributed by atoms with van der Waals surface area (Å²) in [5, 5.41) is 0. The highest BCUT2D eigenvalue weighted by atomic mass is 16.5. The van der Waals surface area contributed by atoms with Crippen LogP contribution in [0.4, 0.5) is 0 Å². The normalized spacial score (nSPS) is 22.2. The lowest BCUT2D eigenvalue weighted by Crippen LogP contribution is -2.09. The Balaban J connectivity index is 2.00. The number of hydrogen-bond acceptors (Lipinski definition) is 2. The standard InChI is InChI=1S/C15H18O2/c1-11(2)8-13-10-14(17-15(13)16)9-12-6-4-3-5-7-12/h3-8,11,14H,9-10H2,1-2H3/b13-8-/t14-/m0/s1. The Kier molecular flexibility index (Phi) is 3.62. The predicted octanol–water partition coefficient (Wildman–Crippen LogP) is 3.13. The van der Waals surface area contributed by atoms with E-state index in [1.165, 1.54) is 5.56 Å². The molecular formula is C15H18O2. The fourth-order valence-electron chi connectivity index (χ4n) is 2.13. The summed E-state index contributed by atoms with van der Waals surface area (Å²) >= 11 is 0. The molecule has 0 radical (unpaired) electrons. The van der Waals surface area contributed by atoms with E-state index in [2.05, 4.69) is 26.0 Å². The minimum absolute atomic E-state index is 0.00917. The van der Waals surface area contributed by atoms with Gasteiger partial charge in [-0.15, -0.1) is 0 Å². The van der Waals surface area contributed by atoms with Crippen LogP contribution >= 0.6 is 0 Å². The van der Waals surface area contributed by atoms with Crippen molar-refractivity contribution in [2.45, 2.75) is 32.8 Å². The van der Waals surface area contributed by atoms with Crippen LogP contribution in [0.25, 0.3) is 0 Å². The predicted molar refractivity (Wildman–Crippen MR) is 67.6 cm³/mol. The number of benzene rings is 1. The Morgan fingerprint density at radius 1 is 1.35 bits per heavy atom. The van der Waals surface area contributed by atoms with Crippen molar-refractivity contribution in [3.63, 3.8) is 0 Å². The summed E-state index contributed by atoms with van der Waals surface area (Å²) in [6.45, 7) is 4.15. The Morgan fingerprint density at radius 3 is 2.71 bits per heavy atom. The molecule has 2 rings (SSSR count). The van der Waals surface area contributed by atoms with E-state index in [-0.39, 0.29) is 12.1 Å². The maximum Gasteiger partial charge on any atom is 0.334 e. The first-order chi connectivity index (χ1) is 8.15. The molecule has 1 aliphatic heterocycles. The van der Waals surface area contributed by atoms with Crippen molar-refractivity contribution in [2.75, 3.05) is 0 Å². The van der Waals surface area contributed by atoms with Crippen molar-refractivity contribution in [2.24, 2.45) is 5.92 Å². The monoisotopic (exact) mass is 230 g/mol. The smallest absolute Gasteiger partial charge is 0.334 e. The molecule has 0 amide bonds. The number of esters is 1. The van der Waals surface area contributed by atoms with Gasteiger partial charge in [-0.25, -0.2) is 4.79 Å². The second kappa shape index (κ2) is 5.17. The van der Waals surface area contributed by atoms with E-state index in [1.54, 1.807) is 0 Å². The first kappa shape index (κ1) is 11.9. The number of carbonyl (C=O) groups is 1. The zero-order chi connectivity index (χ0) is 12.3. The molecule has 0 spiro atoms. The van der Waals surface area contributed by atoms with Gasteiger partial charge < -0.3 is 4.74 Å². The lowest BCUT2D eigenvalue weighted by molar-refractivity contribution is -0.138. The number of ether oxygens (including phenoxy) is 1. The van der Waals surface area contributed by atoms with Crippen LogP contribution in [0.5, 0.6) is 0 Å². The van der Waals surface area contributed by atoms with Crippen LogP contribution in [0.3, 0.4) is 0 Å². The van der Waals surface area contributed by atoms with Crippen LogP contribution < -0.4 is 0 Å². The number of hydrogen-bond donors (Lipinski definition) is 0. The molecule has 1 saturated heterocycles. The summed E-state index contributed by atoms with van der Waals surface area (Å²) < 4.78 is 5.37. The minimum Gasteiger partial charge on any atom is -0.458 e. The molecule has 0 N–H and O–H groups in total. The Morgan fingerprint density at radius 2 is 2.06 bits per heavy atom. The highest BCUT2D eigenvalue weighted by molar-refractivity contribution is 5.90. The van der Waals surface area contributed by atoms with E-state index in [9.17, 15) is 4.79 Å². The average molecular weight is 230 g/mol. The molecule has 17 heavy (non-hydrogen) atoms. The summed E-state index contributed by atoms with van der Waals surface area (Å²) in [6, 6.07) is 10.2. The highest BCUT2D eigenvalue weighted by Gasteiger charge is 2.28. The fourth-order valence-corrected chi connectivity index (χ4v) is 2.13. The zero-order valence-electron chi connectivity index (χ0n) is 10.3. The van der Waals surface area contributed by atoms with Gasteiger partial charge in [0.1, 0.15) is 6.10 Å². The second-order valence-corrected chi connectivity index (χ2v) is 4.86. The number of carbonyl (C=O) groups excluding carboxylic acids is 1. The molecule has 1 fully saturated rings. The van der Waals surface area contributed by atoms with Gasteiger partial charge in [0, 0.05) is 18.4 Å². The van der Waals surface area contributed by atoms with E-state index in [1.807, 2.05) is 24.3 Å². The van der Waals surface area contributed by atoms with Crippen molar-refractivity contribution in [1.29, 1.82) is 0 Å². The van der Waals surface area contributed by atoms with E-state index in [4.69, 9.17) is 4.74 Å². The molecule has 2 heteroatoms. The summed E-state index contributed by atoms with van der Waals surface area (Å²) in [4.78, 5) is 11.6. The van der Waals surface area contributed by atoms with Gasteiger partial charge in [0.05, 0.1) is 0 Å². The van der Waals surface area contributed by atoms with E-state index >= 15 is 0 Å². The maximum absolute atomic E-state index is 11.6. The van der Waals surface area contributed by atoms with Crippen LogP contribution in [0.1, 0.15) is 25.8 Å². The zero-order valence-corrected chi connectivity index (χ0v) is 10.3. The van der Waals surface area contributed by atoms with Crippen molar-refractivity contribution >= 4 is 5.97 Å². The molecule has 1 aliphatic rings. The largest absolute Gasteiger partial charge is 0.458 e. The molecule has 2 nitrogen and oxygen atoms in total. The van der Waals surface area contributed by atoms with Crippen LogP contribution in [-0.4, -0.2) is 12.1 Å². The molecule has 1 heterocycles. The van der Waals surface area contributed by atoms with Gasteiger partial charge in [0.15, 0.2) is 0 Å². The third-order valence-corrected chi connectivity index (χ3v) is 2.82. The topological polar surface area (TPSA) is 26.3 Å². The molecule has 1 aromatic rings. The van der Waals surface area contributed by atoms with Crippen LogP contribution in [-0.2, 0) is 16.0 Å². The van der Waals surface area contributed by atoms with Crippen molar-refractivity contribution in [3.8, 4) is 0 Å². The van der Waals surface area contributed by atoms with Crippen molar-refractivity contribution in [1.82, 2.24) is 0 Å². The Bertz CT molecular complexity index is 418. The molecule has 0 aliphatic carbocycles. The quantitative estimate of drug-likeness (QED) is 0.589. The highest BCUT2D eigenvalue weighted by Crippen LogP contribution is 2.24.